The summed E-state index contributed by atoms with van der Waals surface area (Å²) in [4.78, 5) is 23.7. The highest BCUT2D eigenvalue weighted by Gasteiger charge is 2.87. The van der Waals surface area contributed by atoms with Crippen molar-refractivity contribution in [3.63, 3.8) is 0 Å². The molecule has 138 valence electrons. The lowest BCUT2D eigenvalue weighted by molar-refractivity contribution is -0.123. The second-order valence-electron chi connectivity index (χ2n) is 6.29. The van der Waals surface area contributed by atoms with E-state index < -0.39 is 37.7 Å². The zero-order chi connectivity index (χ0) is 19.2. The van der Waals surface area contributed by atoms with Crippen LogP contribution >= 0.6 is 69.6 Å². The summed E-state index contributed by atoms with van der Waals surface area (Å²) in [5, 5.41) is -0.230. The quantitative estimate of drug-likeness (QED) is 0.462. The molecule has 0 aromatic heterocycles. The van der Waals surface area contributed by atoms with E-state index in [-0.39, 0.29) is 10.1 Å². The summed E-state index contributed by atoms with van der Waals surface area (Å²) in [5.74, 6) is -3.02. The number of hydrogen-bond donors (Lipinski definition) is 0. The molecule has 1 heterocycles. The normalized spacial score (nSPS) is 37.6. The predicted octanol–water partition coefficient (Wildman–Crippen LogP) is 4.65. The van der Waals surface area contributed by atoms with E-state index in [0.717, 1.165) is 4.90 Å². The van der Waals surface area contributed by atoms with Crippen LogP contribution in [-0.4, -0.2) is 33.0 Å². The maximum atomic E-state index is 13.2. The number of fused-ring (bicyclic) bond motifs is 5. The van der Waals surface area contributed by atoms with Gasteiger partial charge in [0.1, 0.15) is 15.5 Å². The number of benzene rings is 1. The fourth-order valence-electron chi connectivity index (χ4n) is 4.00. The first-order chi connectivity index (χ1) is 12.0. The van der Waals surface area contributed by atoms with Crippen LogP contribution in [0.5, 0.6) is 5.75 Å². The van der Waals surface area contributed by atoms with E-state index in [0.29, 0.717) is 11.4 Å². The van der Waals surface area contributed by atoms with Crippen molar-refractivity contribution >= 4 is 87.1 Å². The fraction of sp³-hybridized carbons (Fsp3) is 0.375. The van der Waals surface area contributed by atoms with Gasteiger partial charge in [0.25, 0.3) is 0 Å². The van der Waals surface area contributed by atoms with E-state index in [9.17, 15) is 9.59 Å². The van der Waals surface area contributed by atoms with Gasteiger partial charge in [-0.1, -0.05) is 52.5 Å². The third-order valence-electron chi connectivity index (χ3n) is 5.22. The standard InChI is InChI=1S/C16H9Cl6NO3/c1-26-7-4-2-3-6(5-7)23-12(24)8-9(13(23)25)15(20)11(18)10(17)14(8,19)16(15,21)22/h2-5,8-9H,1H3/t8-,9-,14+,15+/m1/s1. The van der Waals surface area contributed by atoms with Crippen LogP contribution in [0.25, 0.3) is 0 Å². The minimum Gasteiger partial charge on any atom is -0.497 e. The molecule has 2 aliphatic carbocycles. The lowest BCUT2D eigenvalue weighted by Gasteiger charge is -2.34. The van der Waals surface area contributed by atoms with Gasteiger partial charge in [0.15, 0.2) is 4.33 Å². The van der Waals surface area contributed by atoms with Crippen molar-refractivity contribution in [1.82, 2.24) is 0 Å². The van der Waals surface area contributed by atoms with Crippen molar-refractivity contribution in [2.24, 2.45) is 11.8 Å². The molecule has 0 unspecified atom stereocenters. The number of nitrogens with zero attached hydrogens (tertiary/aromatic N) is 1. The van der Waals surface area contributed by atoms with E-state index in [2.05, 4.69) is 0 Å². The van der Waals surface area contributed by atoms with Gasteiger partial charge in [0.05, 0.1) is 34.7 Å². The first-order valence-corrected chi connectivity index (χ1v) is 9.65. The van der Waals surface area contributed by atoms with Crippen LogP contribution in [0, 0.1) is 11.8 Å². The molecule has 0 radical (unpaired) electrons. The van der Waals surface area contributed by atoms with Crippen LogP contribution in [0.4, 0.5) is 5.69 Å². The molecule has 2 amide bonds. The number of carbonyl (C=O) groups is 2. The summed E-state index contributed by atoms with van der Waals surface area (Å²) in [6.07, 6.45) is 0. The number of carbonyl (C=O) groups excluding carboxylic acids is 2. The Morgan fingerprint density at radius 2 is 1.46 bits per heavy atom. The Morgan fingerprint density at radius 3 is 1.92 bits per heavy atom. The Bertz CT molecular complexity index is 856. The molecule has 4 atom stereocenters. The topological polar surface area (TPSA) is 46.6 Å². The second kappa shape index (κ2) is 5.59. The van der Waals surface area contributed by atoms with Crippen molar-refractivity contribution in [1.29, 1.82) is 0 Å². The van der Waals surface area contributed by atoms with Gasteiger partial charge in [-0.3, -0.25) is 9.59 Å². The number of allylic oxidation sites excluding steroid dienone is 2. The van der Waals surface area contributed by atoms with Gasteiger partial charge in [-0.25, -0.2) is 4.90 Å². The Kier molecular flexibility index (Phi) is 4.08. The van der Waals surface area contributed by atoms with Crippen LogP contribution in [0.3, 0.4) is 0 Å². The van der Waals surface area contributed by atoms with E-state index in [1.165, 1.54) is 7.11 Å². The zero-order valence-electron chi connectivity index (χ0n) is 12.9. The van der Waals surface area contributed by atoms with Crippen LogP contribution in [-0.2, 0) is 9.59 Å². The van der Waals surface area contributed by atoms with Gasteiger partial charge in [0.2, 0.25) is 11.8 Å². The van der Waals surface area contributed by atoms with E-state index >= 15 is 0 Å². The predicted molar refractivity (Wildman–Crippen MR) is 103 cm³/mol. The molecular formula is C16H9Cl6NO3. The molecule has 3 aliphatic rings. The molecule has 1 aromatic rings. The highest BCUT2D eigenvalue weighted by molar-refractivity contribution is 6.67. The van der Waals surface area contributed by atoms with Crippen molar-refractivity contribution in [2.75, 3.05) is 12.0 Å². The molecule has 4 rings (SSSR count). The minimum absolute atomic E-state index is 0.115. The van der Waals surface area contributed by atoms with Crippen LogP contribution in [0.2, 0.25) is 0 Å². The summed E-state index contributed by atoms with van der Waals surface area (Å²) in [6, 6.07) is 6.47. The first kappa shape index (κ1) is 19.0. The van der Waals surface area contributed by atoms with Gasteiger partial charge in [-0.2, -0.15) is 0 Å². The average molecular weight is 476 g/mol. The smallest absolute Gasteiger partial charge is 0.240 e. The van der Waals surface area contributed by atoms with Crippen molar-refractivity contribution < 1.29 is 14.3 Å². The third-order valence-corrected chi connectivity index (χ3v) is 9.48. The number of alkyl halides is 4. The molecule has 1 aliphatic heterocycles. The Morgan fingerprint density at radius 1 is 0.962 bits per heavy atom. The second-order valence-corrected chi connectivity index (χ2v) is 9.57. The number of halogens is 6. The van der Waals surface area contributed by atoms with Gasteiger partial charge in [-0.05, 0) is 12.1 Å². The van der Waals surface area contributed by atoms with Gasteiger partial charge in [0, 0.05) is 6.07 Å². The highest BCUT2D eigenvalue weighted by Crippen LogP contribution is 2.77. The molecule has 1 saturated heterocycles. The monoisotopic (exact) mass is 473 g/mol. The van der Waals surface area contributed by atoms with Crippen LogP contribution in [0.15, 0.2) is 34.3 Å². The Hall–Kier alpha value is -0.360. The van der Waals surface area contributed by atoms with E-state index in [4.69, 9.17) is 74.3 Å². The maximum Gasteiger partial charge on any atom is 0.240 e. The summed E-state index contributed by atoms with van der Waals surface area (Å²) < 4.78 is 3.21. The lowest BCUT2D eigenvalue weighted by atomic mass is 9.84. The van der Waals surface area contributed by atoms with E-state index in [1.807, 2.05) is 0 Å². The minimum atomic E-state index is -1.93. The number of amides is 2. The first-order valence-electron chi connectivity index (χ1n) is 7.38. The Balaban J connectivity index is 1.89. The molecule has 26 heavy (non-hydrogen) atoms. The summed E-state index contributed by atoms with van der Waals surface area (Å²) in [6.45, 7) is 0. The largest absolute Gasteiger partial charge is 0.497 e. The highest BCUT2D eigenvalue weighted by atomic mass is 35.5. The molecule has 2 fully saturated rings. The third kappa shape index (κ3) is 1.82. The zero-order valence-corrected chi connectivity index (χ0v) is 17.4. The number of anilines is 1. The summed E-state index contributed by atoms with van der Waals surface area (Å²) in [7, 11) is 1.47. The average Bonchev–Trinajstić information content (AvgIpc) is 2.99. The summed E-state index contributed by atoms with van der Waals surface area (Å²) >= 11 is 38.7. The Labute approximate surface area is 178 Å². The van der Waals surface area contributed by atoms with Gasteiger partial charge >= 0.3 is 0 Å². The molecule has 1 aromatic carbocycles. The number of imide groups is 1. The number of methoxy groups -OCH3 is 1. The van der Waals surface area contributed by atoms with Crippen LogP contribution in [0.1, 0.15) is 0 Å². The molecular weight excluding hydrogens is 467 g/mol. The molecule has 10 heteroatoms. The fourth-order valence-corrected chi connectivity index (χ4v) is 6.93. The molecule has 4 nitrogen and oxygen atoms in total. The molecule has 2 bridgehead atoms. The molecule has 0 N–H and O–H groups in total. The SMILES string of the molecule is COc1cccc(N2C(=O)[C@H]3[C@H](C2=O)[C@]2(Cl)C(Cl)=C(Cl)[C@]3(Cl)C2(Cl)Cl)c1. The van der Waals surface area contributed by atoms with Crippen molar-refractivity contribution in [3.8, 4) is 5.75 Å². The van der Waals surface area contributed by atoms with Crippen LogP contribution < -0.4 is 9.64 Å². The van der Waals surface area contributed by atoms with Gasteiger partial charge in [-0.15, -0.1) is 23.2 Å². The molecule has 1 saturated carbocycles. The van der Waals surface area contributed by atoms with Gasteiger partial charge < -0.3 is 4.74 Å². The van der Waals surface area contributed by atoms with E-state index in [1.54, 1.807) is 24.3 Å². The lowest BCUT2D eigenvalue weighted by Crippen LogP contribution is -2.50. The maximum absolute atomic E-state index is 13.2. The summed E-state index contributed by atoms with van der Waals surface area (Å²) in [5.41, 5.74) is 0.315. The number of ether oxygens (including phenoxy) is 1. The number of rotatable bonds is 2. The van der Waals surface area contributed by atoms with Crippen molar-refractivity contribution in [2.45, 2.75) is 14.1 Å². The number of hydrogen-bond acceptors (Lipinski definition) is 3. The molecule has 0 spiro atoms. The van der Waals surface area contributed by atoms with Crippen molar-refractivity contribution in [3.05, 3.63) is 34.3 Å².